The highest BCUT2D eigenvalue weighted by Crippen LogP contribution is 2.42. The van der Waals surface area contributed by atoms with Gasteiger partial charge < -0.3 is 10.6 Å². The normalized spacial score (nSPS) is 19.1. The van der Waals surface area contributed by atoms with Gasteiger partial charge in [0.25, 0.3) is 5.91 Å². The van der Waals surface area contributed by atoms with Crippen LogP contribution in [0.15, 0.2) is 23.1 Å². The van der Waals surface area contributed by atoms with Crippen molar-refractivity contribution in [3.63, 3.8) is 0 Å². The minimum Gasteiger partial charge on any atom is -0.349 e. The number of alkyl halides is 4. The van der Waals surface area contributed by atoms with E-state index in [0.29, 0.717) is 17.0 Å². The fourth-order valence-electron chi connectivity index (χ4n) is 5.27. The fourth-order valence-corrected chi connectivity index (χ4v) is 5.27. The van der Waals surface area contributed by atoms with E-state index in [0.717, 1.165) is 18.4 Å². The van der Waals surface area contributed by atoms with Crippen molar-refractivity contribution >= 4 is 17.5 Å². The van der Waals surface area contributed by atoms with Gasteiger partial charge in [0.2, 0.25) is 18.3 Å². The number of hydrogen-bond acceptors (Lipinski definition) is 7. The molecule has 2 atom stereocenters. The van der Waals surface area contributed by atoms with Gasteiger partial charge in [0.15, 0.2) is 11.3 Å². The number of nitrogens with zero attached hydrogens (tertiary/aromatic N) is 5. The lowest BCUT2D eigenvalue weighted by atomic mass is 9.81. The first kappa shape index (κ1) is 28.0. The second-order valence-electron chi connectivity index (χ2n) is 10.8. The summed E-state index contributed by atoms with van der Waals surface area (Å²) < 4.78 is 58.9. The number of rotatable bonds is 11. The molecule has 5 rings (SSSR count). The smallest absolute Gasteiger partial charge is 0.276 e. The quantitative estimate of drug-likeness (QED) is 0.322. The van der Waals surface area contributed by atoms with E-state index in [1.807, 2.05) is 0 Å². The van der Waals surface area contributed by atoms with Crippen molar-refractivity contribution in [3.05, 3.63) is 41.1 Å². The molecule has 10 nitrogen and oxygen atoms in total. The minimum absolute atomic E-state index is 0.00637. The number of fused-ring (bicyclic) bond motifs is 1. The Bertz CT molecular complexity index is 1350. The van der Waals surface area contributed by atoms with Gasteiger partial charge in [0.1, 0.15) is 5.69 Å². The van der Waals surface area contributed by atoms with Crippen LogP contribution in [-0.4, -0.2) is 49.1 Å². The van der Waals surface area contributed by atoms with Crippen molar-refractivity contribution in [1.29, 1.82) is 0 Å². The highest BCUT2D eigenvalue weighted by molar-refractivity contribution is 5.93. The van der Waals surface area contributed by atoms with Crippen molar-refractivity contribution in [2.75, 3.05) is 0 Å². The maximum atomic E-state index is 13.9. The van der Waals surface area contributed by atoms with Gasteiger partial charge in [-0.3, -0.25) is 9.59 Å². The molecule has 14 heteroatoms. The number of amides is 2. The molecule has 40 heavy (non-hydrogen) atoms. The molecule has 2 N–H and O–H groups in total. The van der Waals surface area contributed by atoms with Crippen molar-refractivity contribution in [3.8, 4) is 0 Å². The second kappa shape index (κ2) is 11.5. The van der Waals surface area contributed by atoms with Gasteiger partial charge in [-0.1, -0.05) is 5.16 Å². The standard InChI is InChI=1S/C26H31F4N7O3/c1-14-22(36-40-35-14)25(39)34-24(16-7-9-26(29,30)10-8-16)18-13-37-20(32-18)11-17(12-31-37)23(15-5-6-15)33-21(38)4-2-3-19(27)28/h11-13,15-16,19,23-24H,2-10H2,1H3,(H,33,38)(H,34,39)/t23?,24-/m0/s1. The number of aromatic nitrogens is 5. The Morgan fingerprint density at radius 2 is 1.82 bits per heavy atom. The van der Waals surface area contributed by atoms with Gasteiger partial charge in [-0.25, -0.2) is 31.7 Å². The fraction of sp³-hybridized carbons (Fsp3) is 0.615. The second-order valence-corrected chi connectivity index (χ2v) is 10.8. The molecule has 216 valence electrons. The summed E-state index contributed by atoms with van der Waals surface area (Å²) in [6.07, 6.45) is 2.29. The number of nitrogens with one attached hydrogen (secondary N) is 2. The lowest BCUT2D eigenvalue weighted by molar-refractivity contribution is -0.122. The predicted molar refractivity (Wildman–Crippen MR) is 133 cm³/mol. The van der Waals surface area contributed by atoms with Crippen LogP contribution in [0.5, 0.6) is 0 Å². The minimum atomic E-state index is -2.74. The molecule has 3 heterocycles. The van der Waals surface area contributed by atoms with Crippen LogP contribution in [0.4, 0.5) is 17.6 Å². The molecule has 3 aromatic rings. The van der Waals surface area contributed by atoms with Gasteiger partial charge in [-0.2, -0.15) is 5.10 Å². The summed E-state index contributed by atoms with van der Waals surface area (Å²) in [6, 6.07) is 0.785. The van der Waals surface area contributed by atoms with Crippen molar-refractivity contribution < 1.29 is 31.8 Å². The number of carbonyl (C=O) groups excluding carboxylic acids is 2. The first-order chi connectivity index (χ1) is 19.1. The monoisotopic (exact) mass is 565 g/mol. The molecular weight excluding hydrogens is 534 g/mol. The predicted octanol–water partition coefficient (Wildman–Crippen LogP) is 4.72. The van der Waals surface area contributed by atoms with Crippen molar-refractivity contribution in [2.24, 2.45) is 11.8 Å². The molecule has 0 saturated heterocycles. The van der Waals surface area contributed by atoms with E-state index >= 15 is 0 Å². The summed E-state index contributed by atoms with van der Waals surface area (Å²) in [5.74, 6) is -3.66. The van der Waals surface area contributed by atoms with Crippen molar-refractivity contribution in [2.45, 2.75) is 89.1 Å². The largest absolute Gasteiger partial charge is 0.349 e. The molecule has 0 spiro atoms. The maximum absolute atomic E-state index is 13.9. The van der Waals surface area contributed by atoms with Crippen LogP contribution in [0.2, 0.25) is 0 Å². The first-order valence-corrected chi connectivity index (χ1v) is 13.5. The van der Waals surface area contributed by atoms with Gasteiger partial charge in [0.05, 0.1) is 30.2 Å². The average Bonchev–Trinajstić information content (AvgIpc) is 3.51. The third kappa shape index (κ3) is 6.58. The molecule has 3 aromatic heterocycles. The number of hydrogen-bond donors (Lipinski definition) is 2. The number of aryl methyl sites for hydroxylation is 1. The topological polar surface area (TPSA) is 127 Å². The van der Waals surface area contributed by atoms with E-state index in [9.17, 15) is 27.2 Å². The summed E-state index contributed by atoms with van der Waals surface area (Å²) in [5, 5.41) is 17.6. The SMILES string of the molecule is Cc1nonc1C(=O)N[C@H](c1cn2ncc(C(NC(=O)CCCC(F)F)C3CC3)cc2n1)C1CCC(F)(F)CC1. The Balaban J connectivity index is 1.38. The van der Waals surface area contributed by atoms with E-state index in [2.05, 4.69) is 30.7 Å². The zero-order valence-corrected chi connectivity index (χ0v) is 22.0. The molecular formula is C26H31F4N7O3. The molecule has 1 unspecified atom stereocenters. The molecule has 0 bridgehead atoms. The van der Waals surface area contributed by atoms with E-state index in [1.165, 1.54) is 4.52 Å². The Kier molecular flexibility index (Phi) is 8.04. The molecule has 2 aliphatic carbocycles. The molecule has 0 radical (unpaired) electrons. The zero-order chi connectivity index (χ0) is 28.4. The maximum Gasteiger partial charge on any atom is 0.276 e. The van der Waals surface area contributed by atoms with Crippen LogP contribution < -0.4 is 10.6 Å². The highest BCUT2D eigenvalue weighted by Gasteiger charge is 2.40. The average molecular weight is 566 g/mol. The third-order valence-corrected chi connectivity index (χ3v) is 7.66. The summed E-state index contributed by atoms with van der Waals surface area (Å²) in [4.78, 5) is 30.1. The van der Waals surface area contributed by atoms with Crippen LogP contribution in [-0.2, 0) is 4.79 Å². The molecule has 0 aromatic carbocycles. The lowest BCUT2D eigenvalue weighted by Gasteiger charge is -2.33. The Hall–Kier alpha value is -3.58. The Labute approximate surface area is 227 Å². The molecule has 0 aliphatic heterocycles. The number of carbonyl (C=O) groups is 2. The van der Waals surface area contributed by atoms with E-state index in [1.54, 1.807) is 25.4 Å². The Morgan fingerprint density at radius 1 is 1.10 bits per heavy atom. The van der Waals surface area contributed by atoms with Crippen LogP contribution >= 0.6 is 0 Å². The van der Waals surface area contributed by atoms with E-state index < -0.39 is 24.3 Å². The van der Waals surface area contributed by atoms with Gasteiger partial charge in [-0.15, -0.1) is 0 Å². The van der Waals surface area contributed by atoms with E-state index in [-0.39, 0.29) is 74.4 Å². The van der Waals surface area contributed by atoms with Crippen LogP contribution in [0.25, 0.3) is 5.65 Å². The summed E-state index contributed by atoms with van der Waals surface area (Å²) in [6.45, 7) is 1.58. The van der Waals surface area contributed by atoms with Crippen molar-refractivity contribution in [1.82, 2.24) is 35.5 Å². The lowest BCUT2D eigenvalue weighted by Crippen LogP contribution is -2.37. The third-order valence-electron chi connectivity index (χ3n) is 7.66. The number of imidazole rings is 1. The number of halogens is 4. The van der Waals surface area contributed by atoms with Gasteiger partial charge >= 0.3 is 0 Å². The molecule has 2 amide bonds. The van der Waals surface area contributed by atoms with Crippen LogP contribution in [0, 0.1) is 18.8 Å². The highest BCUT2D eigenvalue weighted by atomic mass is 19.3. The zero-order valence-electron chi connectivity index (χ0n) is 22.0. The molecule has 2 fully saturated rings. The first-order valence-electron chi connectivity index (χ1n) is 13.5. The molecule has 2 aliphatic rings. The van der Waals surface area contributed by atoms with Crippen LogP contribution in [0.1, 0.15) is 97.3 Å². The van der Waals surface area contributed by atoms with Gasteiger partial charge in [0, 0.05) is 25.7 Å². The van der Waals surface area contributed by atoms with Gasteiger partial charge in [-0.05, 0) is 67.7 Å². The summed E-state index contributed by atoms with van der Waals surface area (Å²) in [5.41, 5.74) is 1.96. The molecule has 2 saturated carbocycles. The summed E-state index contributed by atoms with van der Waals surface area (Å²) >= 11 is 0. The summed E-state index contributed by atoms with van der Waals surface area (Å²) in [7, 11) is 0. The van der Waals surface area contributed by atoms with E-state index in [4.69, 9.17) is 4.98 Å². The Morgan fingerprint density at radius 3 is 2.48 bits per heavy atom. The van der Waals surface area contributed by atoms with Crippen LogP contribution in [0.3, 0.4) is 0 Å².